The molecule has 1 saturated carbocycles. The molecule has 1 aromatic rings. The van der Waals surface area contributed by atoms with Gasteiger partial charge in [-0.15, -0.1) is 0 Å². The van der Waals surface area contributed by atoms with E-state index < -0.39 is 33.5 Å². The highest BCUT2D eigenvalue weighted by Crippen LogP contribution is 2.32. The molecule has 0 heterocycles. The number of nitrogens with one attached hydrogen (secondary N) is 1. The Balaban J connectivity index is 2.20. The second-order valence-electron chi connectivity index (χ2n) is 5.15. The number of hydrogen-bond acceptors (Lipinski definition) is 4. The number of nitro groups is 1. The molecule has 1 fully saturated rings. The van der Waals surface area contributed by atoms with Gasteiger partial charge in [0.05, 0.1) is 10.5 Å². The summed E-state index contributed by atoms with van der Waals surface area (Å²) in [4.78, 5) is 10.0. The third-order valence-electron chi connectivity index (χ3n) is 3.65. The van der Waals surface area contributed by atoms with E-state index in [1.165, 1.54) is 0 Å². The van der Waals surface area contributed by atoms with Crippen LogP contribution in [0, 0.1) is 21.7 Å². The molecule has 1 aliphatic rings. The molecule has 20 heavy (non-hydrogen) atoms. The first-order chi connectivity index (χ1) is 9.43. The Kier molecular flexibility index (Phi) is 4.17. The number of anilines is 1. The molecule has 2 rings (SSSR count). The van der Waals surface area contributed by atoms with Crippen LogP contribution in [-0.4, -0.2) is 22.2 Å². The minimum Gasteiger partial charge on any atom is -0.388 e. The lowest BCUT2D eigenvalue weighted by molar-refractivity contribution is -0.384. The lowest BCUT2D eigenvalue weighted by Crippen LogP contribution is -2.39. The van der Waals surface area contributed by atoms with E-state index >= 15 is 0 Å². The van der Waals surface area contributed by atoms with E-state index in [1.54, 1.807) is 0 Å². The third-order valence-corrected chi connectivity index (χ3v) is 3.65. The van der Waals surface area contributed by atoms with E-state index in [9.17, 15) is 24.0 Å². The fourth-order valence-electron chi connectivity index (χ4n) is 2.50. The van der Waals surface area contributed by atoms with Crippen molar-refractivity contribution in [3.8, 4) is 0 Å². The number of aliphatic hydroxyl groups is 1. The standard InChI is InChI=1S/C13H16F2N2O3/c14-9-4-5-10(17(19)20)12(11(9)15)16-8-13(18)6-2-1-3-7-13/h4-5,16,18H,1-3,6-8H2. The van der Waals surface area contributed by atoms with Crippen molar-refractivity contribution in [2.45, 2.75) is 37.7 Å². The maximum atomic E-state index is 13.7. The summed E-state index contributed by atoms with van der Waals surface area (Å²) in [5.74, 6) is -2.45. The monoisotopic (exact) mass is 286 g/mol. The lowest BCUT2D eigenvalue weighted by Gasteiger charge is -2.32. The summed E-state index contributed by atoms with van der Waals surface area (Å²) < 4.78 is 26.9. The number of nitro benzene ring substituents is 1. The van der Waals surface area contributed by atoms with Crippen molar-refractivity contribution in [3.63, 3.8) is 0 Å². The molecule has 0 spiro atoms. The first kappa shape index (κ1) is 14.6. The van der Waals surface area contributed by atoms with Gasteiger partial charge in [0.2, 0.25) is 0 Å². The molecule has 0 radical (unpaired) electrons. The summed E-state index contributed by atoms with van der Waals surface area (Å²) in [6.45, 7) is -0.0335. The van der Waals surface area contributed by atoms with Crippen LogP contribution in [0.2, 0.25) is 0 Å². The molecule has 0 aliphatic heterocycles. The summed E-state index contributed by atoms with van der Waals surface area (Å²) in [7, 11) is 0. The molecule has 5 nitrogen and oxygen atoms in total. The molecule has 2 N–H and O–H groups in total. The quantitative estimate of drug-likeness (QED) is 0.659. The SMILES string of the molecule is O=[N+]([O-])c1ccc(F)c(F)c1NCC1(O)CCCCC1. The predicted molar refractivity (Wildman–Crippen MR) is 69.5 cm³/mol. The predicted octanol–water partition coefficient (Wildman–Crippen LogP) is 2.98. The van der Waals surface area contributed by atoms with E-state index in [0.717, 1.165) is 25.3 Å². The Morgan fingerprint density at radius 3 is 2.55 bits per heavy atom. The van der Waals surface area contributed by atoms with Crippen LogP contribution < -0.4 is 5.32 Å². The molecule has 110 valence electrons. The van der Waals surface area contributed by atoms with Crippen LogP contribution in [0.25, 0.3) is 0 Å². The second kappa shape index (κ2) is 5.70. The van der Waals surface area contributed by atoms with Crippen LogP contribution in [0.3, 0.4) is 0 Å². The first-order valence-electron chi connectivity index (χ1n) is 6.52. The highest BCUT2D eigenvalue weighted by Gasteiger charge is 2.31. The topological polar surface area (TPSA) is 75.4 Å². The van der Waals surface area contributed by atoms with Crippen molar-refractivity contribution >= 4 is 11.4 Å². The molecule has 7 heteroatoms. The molecular weight excluding hydrogens is 270 g/mol. The third kappa shape index (κ3) is 3.04. The Morgan fingerprint density at radius 1 is 1.30 bits per heavy atom. The van der Waals surface area contributed by atoms with Crippen molar-refractivity contribution in [3.05, 3.63) is 33.9 Å². The average molecular weight is 286 g/mol. The fraction of sp³-hybridized carbons (Fsp3) is 0.538. The van der Waals surface area contributed by atoms with E-state index in [0.29, 0.717) is 18.9 Å². The zero-order valence-electron chi connectivity index (χ0n) is 10.9. The van der Waals surface area contributed by atoms with E-state index in [2.05, 4.69) is 5.32 Å². The van der Waals surface area contributed by atoms with Gasteiger partial charge in [-0.05, 0) is 18.9 Å². The largest absolute Gasteiger partial charge is 0.388 e. The summed E-state index contributed by atoms with van der Waals surface area (Å²) >= 11 is 0. The van der Waals surface area contributed by atoms with Gasteiger partial charge in [0.25, 0.3) is 5.69 Å². The molecule has 0 bridgehead atoms. The van der Waals surface area contributed by atoms with Crippen molar-refractivity contribution < 1.29 is 18.8 Å². The number of rotatable bonds is 4. The second-order valence-corrected chi connectivity index (χ2v) is 5.15. The minimum absolute atomic E-state index is 0.0335. The summed E-state index contributed by atoms with van der Waals surface area (Å²) in [6.07, 6.45) is 3.82. The normalized spacial score (nSPS) is 17.8. The highest BCUT2D eigenvalue weighted by molar-refractivity contribution is 5.62. The number of nitrogens with zero attached hydrogens (tertiary/aromatic N) is 1. The molecule has 0 atom stereocenters. The van der Waals surface area contributed by atoms with Gasteiger partial charge in [-0.1, -0.05) is 19.3 Å². The summed E-state index contributed by atoms with van der Waals surface area (Å²) in [5, 5.41) is 23.6. The Bertz CT molecular complexity index is 517. The smallest absolute Gasteiger partial charge is 0.295 e. The number of hydrogen-bond donors (Lipinski definition) is 2. The van der Waals surface area contributed by atoms with Gasteiger partial charge in [0, 0.05) is 12.6 Å². The van der Waals surface area contributed by atoms with Crippen LogP contribution in [0.1, 0.15) is 32.1 Å². The van der Waals surface area contributed by atoms with Crippen molar-refractivity contribution in [2.24, 2.45) is 0 Å². The van der Waals surface area contributed by atoms with Crippen LogP contribution in [0.5, 0.6) is 0 Å². The molecule has 0 saturated heterocycles. The lowest BCUT2D eigenvalue weighted by atomic mass is 9.85. The summed E-state index contributed by atoms with van der Waals surface area (Å²) in [5.41, 5.74) is -2.07. The van der Waals surface area contributed by atoms with E-state index in [1.807, 2.05) is 0 Å². The van der Waals surface area contributed by atoms with Crippen molar-refractivity contribution in [1.29, 1.82) is 0 Å². The zero-order valence-corrected chi connectivity index (χ0v) is 10.9. The van der Waals surface area contributed by atoms with Crippen LogP contribution in [-0.2, 0) is 0 Å². The minimum atomic E-state index is -1.29. The van der Waals surface area contributed by atoms with Crippen LogP contribution >= 0.6 is 0 Å². The van der Waals surface area contributed by atoms with Crippen molar-refractivity contribution in [2.75, 3.05) is 11.9 Å². The van der Waals surface area contributed by atoms with Gasteiger partial charge in [-0.2, -0.15) is 0 Å². The zero-order chi connectivity index (χ0) is 14.8. The number of halogens is 2. The average Bonchev–Trinajstić information content (AvgIpc) is 2.41. The summed E-state index contributed by atoms with van der Waals surface area (Å²) in [6, 6.07) is 1.62. The molecule has 1 aliphatic carbocycles. The number of benzene rings is 1. The van der Waals surface area contributed by atoms with E-state index in [4.69, 9.17) is 0 Å². The Labute approximate surface area is 114 Å². The van der Waals surface area contributed by atoms with Gasteiger partial charge in [0.15, 0.2) is 17.3 Å². The van der Waals surface area contributed by atoms with Gasteiger partial charge in [-0.3, -0.25) is 10.1 Å². The molecule has 0 aromatic heterocycles. The maximum Gasteiger partial charge on any atom is 0.295 e. The first-order valence-corrected chi connectivity index (χ1v) is 6.52. The van der Waals surface area contributed by atoms with Crippen molar-refractivity contribution in [1.82, 2.24) is 0 Å². The van der Waals surface area contributed by atoms with Crippen LogP contribution in [0.15, 0.2) is 12.1 Å². The molecular formula is C13H16F2N2O3. The molecule has 1 aromatic carbocycles. The highest BCUT2D eigenvalue weighted by atomic mass is 19.2. The van der Waals surface area contributed by atoms with Gasteiger partial charge in [0.1, 0.15) is 0 Å². The van der Waals surface area contributed by atoms with Crippen LogP contribution in [0.4, 0.5) is 20.2 Å². The van der Waals surface area contributed by atoms with Gasteiger partial charge < -0.3 is 10.4 Å². The van der Waals surface area contributed by atoms with Gasteiger partial charge >= 0.3 is 0 Å². The Morgan fingerprint density at radius 2 is 1.95 bits per heavy atom. The molecule has 0 amide bonds. The fourth-order valence-corrected chi connectivity index (χ4v) is 2.50. The Hall–Kier alpha value is -1.76. The van der Waals surface area contributed by atoms with E-state index in [-0.39, 0.29) is 6.54 Å². The van der Waals surface area contributed by atoms with Gasteiger partial charge in [-0.25, -0.2) is 8.78 Å². The maximum absolute atomic E-state index is 13.7. The molecule has 0 unspecified atom stereocenters.